The first-order chi connectivity index (χ1) is 11.1. The van der Waals surface area contributed by atoms with Gasteiger partial charge in [0.15, 0.2) is 0 Å². The van der Waals surface area contributed by atoms with Crippen LogP contribution in [-0.4, -0.2) is 24.6 Å². The number of hydrogen-bond donors (Lipinski definition) is 2. The average molecular weight is 317 g/mol. The minimum absolute atomic E-state index is 0.0169. The number of ether oxygens (including phenoxy) is 1. The Morgan fingerprint density at radius 1 is 1.39 bits per heavy atom. The third kappa shape index (κ3) is 7.66. The van der Waals surface area contributed by atoms with Gasteiger partial charge in [0.25, 0.3) is 0 Å². The molecule has 0 aliphatic heterocycles. The van der Waals surface area contributed by atoms with Gasteiger partial charge in [-0.05, 0) is 44.4 Å². The van der Waals surface area contributed by atoms with E-state index in [4.69, 9.17) is 10.00 Å². The second-order valence-electron chi connectivity index (χ2n) is 5.68. The molecule has 0 aromatic heterocycles. The van der Waals surface area contributed by atoms with E-state index in [9.17, 15) is 4.79 Å². The molecule has 0 bridgehead atoms. The number of carbonyl (C=O) groups is 1. The van der Waals surface area contributed by atoms with Gasteiger partial charge in [0.1, 0.15) is 5.75 Å². The number of nitrogens with zero attached hydrogens (tertiary/aromatic N) is 1. The van der Waals surface area contributed by atoms with E-state index in [0.29, 0.717) is 19.6 Å². The molecule has 126 valence electrons. The van der Waals surface area contributed by atoms with Crippen molar-refractivity contribution in [1.82, 2.24) is 10.6 Å². The summed E-state index contributed by atoms with van der Waals surface area (Å²) >= 11 is 0. The largest absolute Gasteiger partial charge is 0.494 e. The highest BCUT2D eigenvalue weighted by Gasteiger charge is 2.13. The van der Waals surface area contributed by atoms with Crippen molar-refractivity contribution in [3.05, 3.63) is 29.8 Å². The number of nitriles is 1. The lowest BCUT2D eigenvalue weighted by molar-refractivity contribution is -0.123. The number of unbranched alkanes of at least 4 members (excludes halogenated alkanes) is 1. The zero-order valence-corrected chi connectivity index (χ0v) is 14.3. The van der Waals surface area contributed by atoms with E-state index in [2.05, 4.69) is 16.7 Å². The van der Waals surface area contributed by atoms with Gasteiger partial charge in [-0.15, -0.1) is 0 Å². The van der Waals surface area contributed by atoms with Crippen LogP contribution in [0.1, 0.15) is 45.6 Å². The molecule has 23 heavy (non-hydrogen) atoms. The van der Waals surface area contributed by atoms with Gasteiger partial charge in [-0.2, -0.15) is 5.26 Å². The van der Waals surface area contributed by atoms with Gasteiger partial charge >= 0.3 is 0 Å². The molecule has 0 radical (unpaired) electrons. The number of benzene rings is 1. The molecule has 0 saturated heterocycles. The van der Waals surface area contributed by atoms with E-state index >= 15 is 0 Å². The second-order valence-corrected chi connectivity index (χ2v) is 5.68. The second kappa shape index (κ2) is 10.6. The van der Waals surface area contributed by atoms with Crippen molar-refractivity contribution in [1.29, 1.82) is 5.26 Å². The monoisotopic (exact) mass is 317 g/mol. The number of hydrogen-bond acceptors (Lipinski definition) is 4. The quantitative estimate of drug-likeness (QED) is 0.651. The minimum Gasteiger partial charge on any atom is -0.494 e. The minimum atomic E-state index is -0.246. The molecule has 2 N–H and O–H groups in total. The number of carbonyl (C=O) groups excluding carboxylic acids is 1. The molecule has 0 saturated carbocycles. The summed E-state index contributed by atoms with van der Waals surface area (Å²) in [6.45, 7) is 7.05. The Bertz CT molecular complexity index is 525. The lowest BCUT2D eigenvalue weighted by atomic mass is 10.2. The fourth-order valence-corrected chi connectivity index (χ4v) is 1.92. The molecule has 0 aliphatic carbocycles. The highest BCUT2D eigenvalue weighted by Crippen LogP contribution is 2.13. The highest BCUT2D eigenvalue weighted by molar-refractivity contribution is 5.81. The molecule has 1 rings (SSSR count). The molecule has 1 amide bonds. The molecule has 0 fully saturated rings. The third-order valence-electron chi connectivity index (χ3n) is 3.61. The van der Waals surface area contributed by atoms with Crippen molar-refractivity contribution in [2.45, 2.75) is 58.7 Å². The van der Waals surface area contributed by atoms with Gasteiger partial charge in [-0.25, -0.2) is 0 Å². The summed E-state index contributed by atoms with van der Waals surface area (Å²) in [5.41, 5.74) is 1.06. The molecule has 1 aromatic carbocycles. The Morgan fingerprint density at radius 2 is 2.17 bits per heavy atom. The summed E-state index contributed by atoms with van der Waals surface area (Å²) in [6, 6.07) is 9.82. The maximum atomic E-state index is 12.0. The molecule has 5 heteroatoms. The lowest BCUT2D eigenvalue weighted by Crippen LogP contribution is -2.45. The first-order valence-electron chi connectivity index (χ1n) is 8.19. The van der Waals surface area contributed by atoms with Crippen molar-refractivity contribution in [3.8, 4) is 11.8 Å². The molecule has 0 spiro atoms. The van der Waals surface area contributed by atoms with Crippen molar-refractivity contribution < 1.29 is 9.53 Å². The SMILES string of the molecule is CCC(C)NC(=O)C(C)NCc1cccc(OCCCC#N)c1. The van der Waals surface area contributed by atoms with Gasteiger partial charge in [0, 0.05) is 19.0 Å². The topological polar surface area (TPSA) is 74.2 Å². The van der Waals surface area contributed by atoms with Crippen LogP contribution < -0.4 is 15.4 Å². The maximum absolute atomic E-state index is 12.0. The zero-order valence-electron chi connectivity index (χ0n) is 14.3. The van der Waals surface area contributed by atoms with Crippen LogP contribution in [0.3, 0.4) is 0 Å². The molecular formula is C18H27N3O2. The van der Waals surface area contributed by atoms with Gasteiger partial charge < -0.3 is 15.4 Å². The lowest BCUT2D eigenvalue weighted by Gasteiger charge is -2.17. The first kappa shape index (κ1) is 19.0. The smallest absolute Gasteiger partial charge is 0.237 e. The molecule has 2 unspecified atom stereocenters. The van der Waals surface area contributed by atoms with E-state index in [1.165, 1.54) is 0 Å². The predicted molar refractivity (Wildman–Crippen MR) is 91.0 cm³/mol. The molecule has 1 aromatic rings. The summed E-state index contributed by atoms with van der Waals surface area (Å²) in [5.74, 6) is 0.808. The average Bonchev–Trinajstić information content (AvgIpc) is 2.56. The first-order valence-corrected chi connectivity index (χ1v) is 8.19. The summed E-state index contributed by atoms with van der Waals surface area (Å²) in [4.78, 5) is 12.0. The Hall–Kier alpha value is -2.06. The summed E-state index contributed by atoms with van der Waals surface area (Å²) < 4.78 is 5.61. The summed E-state index contributed by atoms with van der Waals surface area (Å²) in [5, 5.41) is 14.7. The normalized spacial score (nSPS) is 13.0. The Balaban J connectivity index is 2.42. The molecular weight excluding hydrogens is 290 g/mol. The number of amides is 1. The van der Waals surface area contributed by atoms with E-state index in [-0.39, 0.29) is 18.0 Å². The predicted octanol–water partition coefficient (Wildman–Crippen LogP) is 2.76. The van der Waals surface area contributed by atoms with Crippen LogP contribution in [0.25, 0.3) is 0 Å². The maximum Gasteiger partial charge on any atom is 0.237 e. The number of nitrogens with one attached hydrogen (secondary N) is 2. The van der Waals surface area contributed by atoms with Crippen molar-refractivity contribution in [2.24, 2.45) is 0 Å². The fraction of sp³-hybridized carbons (Fsp3) is 0.556. The van der Waals surface area contributed by atoms with Gasteiger partial charge in [-0.3, -0.25) is 4.79 Å². The van der Waals surface area contributed by atoms with E-state index in [1.54, 1.807) is 0 Å². The highest BCUT2D eigenvalue weighted by atomic mass is 16.5. The Kier molecular flexibility index (Phi) is 8.78. The van der Waals surface area contributed by atoms with E-state index < -0.39 is 0 Å². The fourth-order valence-electron chi connectivity index (χ4n) is 1.92. The van der Waals surface area contributed by atoms with Crippen LogP contribution in [0.5, 0.6) is 5.75 Å². The van der Waals surface area contributed by atoms with Crippen molar-refractivity contribution >= 4 is 5.91 Å². The van der Waals surface area contributed by atoms with Crippen molar-refractivity contribution in [2.75, 3.05) is 6.61 Å². The van der Waals surface area contributed by atoms with Crippen LogP contribution in [0.4, 0.5) is 0 Å². The molecule has 0 heterocycles. The summed E-state index contributed by atoms with van der Waals surface area (Å²) in [7, 11) is 0. The van der Waals surface area contributed by atoms with Crippen LogP contribution in [0, 0.1) is 11.3 Å². The van der Waals surface area contributed by atoms with Crippen molar-refractivity contribution in [3.63, 3.8) is 0 Å². The van der Waals surface area contributed by atoms with E-state index in [1.807, 2.05) is 45.0 Å². The number of rotatable bonds is 10. The zero-order chi connectivity index (χ0) is 17.1. The van der Waals surface area contributed by atoms with Gasteiger partial charge in [0.2, 0.25) is 5.91 Å². The van der Waals surface area contributed by atoms with Crippen LogP contribution >= 0.6 is 0 Å². The van der Waals surface area contributed by atoms with Crippen LogP contribution in [0.15, 0.2) is 24.3 Å². The Morgan fingerprint density at radius 3 is 2.87 bits per heavy atom. The Labute approximate surface area is 139 Å². The van der Waals surface area contributed by atoms with Crippen LogP contribution in [-0.2, 0) is 11.3 Å². The molecule has 0 aliphatic rings. The molecule has 5 nitrogen and oxygen atoms in total. The standard InChI is InChI=1S/C18H27N3O2/c1-4-14(2)21-18(22)15(3)20-13-16-8-7-9-17(12-16)23-11-6-5-10-19/h7-9,12,14-15,20H,4-6,11,13H2,1-3H3,(H,21,22). The van der Waals surface area contributed by atoms with E-state index in [0.717, 1.165) is 24.2 Å². The third-order valence-corrected chi connectivity index (χ3v) is 3.61. The summed E-state index contributed by atoms with van der Waals surface area (Å²) in [6.07, 6.45) is 2.15. The van der Waals surface area contributed by atoms with Gasteiger partial charge in [0.05, 0.1) is 18.7 Å². The van der Waals surface area contributed by atoms with Crippen LogP contribution in [0.2, 0.25) is 0 Å². The van der Waals surface area contributed by atoms with Gasteiger partial charge in [-0.1, -0.05) is 19.1 Å². The molecule has 2 atom stereocenters.